The molecule has 5 heteroatoms. The maximum atomic E-state index is 11.1. The number of carbonyl (C=O) groups is 1. The van der Waals surface area contributed by atoms with E-state index in [0.717, 1.165) is 6.29 Å². The molecule has 0 saturated heterocycles. The molecule has 5 nitrogen and oxygen atoms in total. The SMILES string of the molecule is CC1(C)CC(C=O)c2cc([N+](=O)[O-])ccc2O1. The number of rotatable bonds is 2. The van der Waals surface area contributed by atoms with Gasteiger partial charge >= 0.3 is 0 Å². The van der Waals surface area contributed by atoms with Gasteiger partial charge in [0.15, 0.2) is 0 Å². The van der Waals surface area contributed by atoms with Crippen molar-refractivity contribution in [2.24, 2.45) is 0 Å². The normalized spacial score (nSPS) is 21.2. The molecule has 1 aliphatic rings. The number of aldehydes is 1. The minimum atomic E-state index is -0.470. The molecule has 90 valence electrons. The van der Waals surface area contributed by atoms with E-state index >= 15 is 0 Å². The fraction of sp³-hybridized carbons (Fsp3) is 0.417. The van der Waals surface area contributed by atoms with Crippen LogP contribution in [0.4, 0.5) is 5.69 Å². The predicted octanol–water partition coefficient (Wildman–Crippen LogP) is 2.44. The Morgan fingerprint density at radius 3 is 2.82 bits per heavy atom. The first-order chi connectivity index (χ1) is 7.93. The van der Waals surface area contributed by atoms with Crippen molar-refractivity contribution < 1.29 is 14.5 Å². The maximum absolute atomic E-state index is 11.1. The van der Waals surface area contributed by atoms with Gasteiger partial charge in [0.25, 0.3) is 5.69 Å². The lowest BCUT2D eigenvalue weighted by Crippen LogP contribution is -2.35. The molecule has 0 saturated carbocycles. The topological polar surface area (TPSA) is 69.4 Å². The Bertz CT molecular complexity index is 481. The van der Waals surface area contributed by atoms with Gasteiger partial charge in [-0.05, 0) is 19.9 Å². The second-order valence-electron chi connectivity index (χ2n) is 4.79. The first-order valence-corrected chi connectivity index (χ1v) is 5.35. The zero-order valence-corrected chi connectivity index (χ0v) is 9.67. The van der Waals surface area contributed by atoms with Gasteiger partial charge < -0.3 is 9.53 Å². The van der Waals surface area contributed by atoms with Gasteiger partial charge in [-0.15, -0.1) is 0 Å². The van der Waals surface area contributed by atoms with Gasteiger partial charge in [0.2, 0.25) is 0 Å². The summed E-state index contributed by atoms with van der Waals surface area (Å²) < 4.78 is 5.70. The zero-order valence-electron chi connectivity index (χ0n) is 9.67. The van der Waals surface area contributed by atoms with Crippen molar-refractivity contribution in [3.05, 3.63) is 33.9 Å². The van der Waals surface area contributed by atoms with Crippen LogP contribution < -0.4 is 4.74 Å². The van der Waals surface area contributed by atoms with Crippen LogP contribution in [-0.2, 0) is 4.79 Å². The largest absolute Gasteiger partial charge is 0.488 e. The number of carbonyl (C=O) groups excluding carboxylic acids is 1. The summed E-state index contributed by atoms with van der Waals surface area (Å²) in [6.45, 7) is 3.79. The summed E-state index contributed by atoms with van der Waals surface area (Å²) in [4.78, 5) is 21.3. The molecule has 1 aliphatic heterocycles. The Morgan fingerprint density at radius 1 is 1.53 bits per heavy atom. The minimum Gasteiger partial charge on any atom is -0.488 e. The standard InChI is InChI=1S/C12H13NO4/c1-12(2)6-8(7-14)10-5-9(13(15)16)3-4-11(10)17-12/h3-5,7-8H,6H2,1-2H3. The number of hydrogen-bond donors (Lipinski definition) is 0. The Morgan fingerprint density at radius 2 is 2.24 bits per heavy atom. The Kier molecular flexibility index (Phi) is 2.61. The average Bonchev–Trinajstić information content (AvgIpc) is 2.26. The Hall–Kier alpha value is -1.91. The van der Waals surface area contributed by atoms with Crippen molar-refractivity contribution in [1.29, 1.82) is 0 Å². The van der Waals surface area contributed by atoms with Crippen molar-refractivity contribution in [2.45, 2.75) is 31.8 Å². The predicted molar refractivity (Wildman–Crippen MR) is 61.2 cm³/mol. The van der Waals surface area contributed by atoms with E-state index in [-0.39, 0.29) is 11.6 Å². The van der Waals surface area contributed by atoms with E-state index in [1.54, 1.807) is 6.07 Å². The third kappa shape index (κ3) is 2.13. The van der Waals surface area contributed by atoms with Crippen molar-refractivity contribution >= 4 is 12.0 Å². The lowest BCUT2D eigenvalue weighted by molar-refractivity contribution is -0.385. The third-order valence-corrected chi connectivity index (χ3v) is 2.87. The van der Waals surface area contributed by atoms with Crippen LogP contribution in [-0.4, -0.2) is 16.8 Å². The minimum absolute atomic E-state index is 0.0149. The fourth-order valence-corrected chi connectivity index (χ4v) is 2.13. The highest BCUT2D eigenvalue weighted by atomic mass is 16.6. The summed E-state index contributed by atoms with van der Waals surface area (Å²) in [5, 5.41) is 10.7. The summed E-state index contributed by atoms with van der Waals surface area (Å²) in [6, 6.07) is 4.37. The van der Waals surface area contributed by atoms with Gasteiger partial charge in [0.1, 0.15) is 17.6 Å². The molecular formula is C12H13NO4. The summed E-state index contributed by atoms with van der Waals surface area (Å²) in [5.41, 5.74) is 0.168. The van der Waals surface area contributed by atoms with E-state index < -0.39 is 10.5 Å². The maximum Gasteiger partial charge on any atom is 0.269 e. The molecule has 2 rings (SSSR count). The van der Waals surface area contributed by atoms with Crippen LogP contribution in [0.15, 0.2) is 18.2 Å². The molecule has 17 heavy (non-hydrogen) atoms. The van der Waals surface area contributed by atoms with Crippen LogP contribution in [0, 0.1) is 10.1 Å². The number of fused-ring (bicyclic) bond motifs is 1. The number of ether oxygens (including phenoxy) is 1. The number of hydrogen-bond acceptors (Lipinski definition) is 4. The first-order valence-electron chi connectivity index (χ1n) is 5.35. The monoisotopic (exact) mass is 235 g/mol. The molecule has 1 unspecified atom stereocenters. The van der Waals surface area contributed by atoms with Crippen LogP contribution in [0.2, 0.25) is 0 Å². The molecule has 0 aromatic heterocycles. The molecule has 1 aromatic rings. The van der Waals surface area contributed by atoms with Gasteiger partial charge in [-0.1, -0.05) is 0 Å². The zero-order chi connectivity index (χ0) is 12.6. The summed E-state index contributed by atoms with van der Waals surface area (Å²) in [7, 11) is 0. The van der Waals surface area contributed by atoms with E-state index in [0.29, 0.717) is 17.7 Å². The molecule has 0 N–H and O–H groups in total. The molecular weight excluding hydrogens is 222 g/mol. The lowest BCUT2D eigenvalue weighted by atomic mass is 9.85. The highest BCUT2D eigenvalue weighted by molar-refractivity contribution is 5.67. The molecule has 0 spiro atoms. The number of non-ortho nitro benzene ring substituents is 1. The molecule has 0 radical (unpaired) electrons. The second kappa shape index (κ2) is 3.84. The molecule has 0 bridgehead atoms. The van der Waals surface area contributed by atoms with Gasteiger partial charge in [-0.3, -0.25) is 10.1 Å². The summed E-state index contributed by atoms with van der Waals surface area (Å²) in [6.07, 6.45) is 1.36. The van der Waals surface area contributed by atoms with Crippen molar-refractivity contribution in [3.63, 3.8) is 0 Å². The Labute approximate surface area is 98.5 Å². The van der Waals surface area contributed by atoms with Crippen LogP contribution >= 0.6 is 0 Å². The molecule has 0 fully saturated rings. The van der Waals surface area contributed by atoms with Gasteiger partial charge in [-0.25, -0.2) is 0 Å². The smallest absolute Gasteiger partial charge is 0.269 e. The third-order valence-electron chi connectivity index (χ3n) is 2.87. The van der Waals surface area contributed by atoms with Crippen LogP contribution in [0.5, 0.6) is 5.75 Å². The first kappa shape index (κ1) is 11.6. The summed E-state index contributed by atoms with van der Waals surface area (Å²) >= 11 is 0. The quantitative estimate of drug-likeness (QED) is 0.448. The van der Waals surface area contributed by atoms with Gasteiger partial charge in [-0.2, -0.15) is 0 Å². The van der Waals surface area contributed by atoms with E-state index in [2.05, 4.69) is 0 Å². The lowest BCUT2D eigenvalue weighted by Gasteiger charge is -2.35. The summed E-state index contributed by atoms with van der Waals surface area (Å²) in [5.74, 6) is 0.220. The van der Waals surface area contributed by atoms with E-state index in [1.807, 2.05) is 13.8 Å². The number of benzene rings is 1. The van der Waals surface area contributed by atoms with Crippen LogP contribution in [0.25, 0.3) is 0 Å². The number of nitrogens with zero attached hydrogens (tertiary/aromatic N) is 1. The van der Waals surface area contributed by atoms with Gasteiger partial charge in [0.05, 0.1) is 4.92 Å². The number of nitro groups is 1. The van der Waals surface area contributed by atoms with Crippen molar-refractivity contribution in [2.75, 3.05) is 0 Å². The molecule has 1 heterocycles. The Balaban J connectivity index is 2.50. The van der Waals surface area contributed by atoms with E-state index in [9.17, 15) is 14.9 Å². The van der Waals surface area contributed by atoms with Crippen LogP contribution in [0.3, 0.4) is 0 Å². The average molecular weight is 235 g/mol. The van der Waals surface area contributed by atoms with Gasteiger partial charge in [0, 0.05) is 30.0 Å². The highest BCUT2D eigenvalue weighted by Gasteiger charge is 2.34. The van der Waals surface area contributed by atoms with Crippen molar-refractivity contribution in [3.8, 4) is 5.75 Å². The fourth-order valence-electron chi connectivity index (χ4n) is 2.13. The molecule has 1 atom stereocenters. The molecule has 1 aromatic carbocycles. The molecule has 0 aliphatic carbocycles. The van der Waals surface area contributed by atoms with Crippen molar-refractivity contribution in [1.82, 2.24) is 0 Å². The molecule has 0 amide bonds. The highest BCUT2D eigenvalue weighted by Crippen LogP contribution is 2.41. The van der Waals surface area contributed by atoms with Crippen LogP contribution in [0.1, 0.15) is 31.7 Å². The van der Waals surface area contributed by atoms with E-state index in [1.165, 1.54) is 12.1 Å². The second-order valence-corrected chi connectivity index (χ2v) is 4.79. The van der Waals surface area contributed by atoms with E-state index in [4.69, 9.17) is 4.74 Å². The number of nitro benzene ring substituents is 1.